The third-order valence-corrected chi connectivity index (χ3v) is 5.19. The number of benzene rings is 2. The van der Waals surface area contributed by atoms with Gasteiger partial charge in [0.1, 0.15) is 11.0 Å². The highest BCUT2D eigenvalue weighted by Gasteiger charge is 2.33. The Bertz CT molecular complexity index is 884. The van der Waals surface area contributed by atoms with E-state index in [9.17, 15) is 4.79 Å². The van der Waals surface area contributed by atoms with Crippen molar-refractivity contribution in [3.63, 3.8) is 0 Å². The van der Waals surface area contributed by atoms with E-state index in [0.717, 1.165) is 21.8 Å². The van der Waals surface area contributed by atoms with Crippen molar-refractivity contribution < 1.29 is 4.79 Å². The summed E-state index contributed by atoms with van der Waals surface area (Å²) < 4.78 is 1.17. The lowest BCUT2D eigenvalue weighted by Crippen LogP contribution is -2.30. The zero-order valence-corrected chi connectivity index (χ0v) is 13.9. The number of thiazole rings is 1. The SMILES string of the molecule is CC1NC(=S)N(c2ccc(-c3nc4ccccc4s3)cc2)C1=O. The smallest absolute Gasteiger partial charge is 0.255 e. The van der Waals surface area contributed by atoms with Gasteiger partial charge < -0.3 is 5.32 Å². The zero-order valence-electron chi connectivity index (χ0n) is 12.3. The molecule has 3 aromatic rings. The number of aromatic nitrogens is 1. The summed E-state index contributed by atoms with van der Waals surface area (Å²) in [6, 6.07) is 15.6. The molecule has 1 atom stereocenters. The van der Waals surface area contributed by atoms with Crippen molar-refractivity contribution in [3.8, 4) is 10.6 Å². The predicted octanol–water partition coefficient (Wildman–Crippen LogP) is 3.57. The first kappa shape index (κ1) is 14.3. The fourth-order valence-corrected chi connectivity index (χ4v) is 3.94. The number of carbonyl (C=O) groups excluding carboxylic acids is 1. The number of anilines is 1. The molecule has 4 rings (SSSR count). The summed E-state index contributed by atoms with van der Waals surface area (Å²) >= 11 is 6.89. The molecule has 23 heavy (non-hydrogen) atoms. The van der Waals surface area contributed by atoms with Crippen LogP contribution in [0.3, 0.4) is 0 Å². The lowest BCUT2D eigenvalue weighted by molar-refractivity contribution is -0.117. The van der Waals surface area contributed by atoms with E-state index in [4.69, 9.17) is 12.2 Å². The second kappa shape index (κ2) is 5.40. The molecule has 1 fully saturated rings. The maximum absolute atomic E-state index is 12.2. The van der Waals surface area contributed by atoms with Crippen LogP contribution < -0.4 is 10.2 Å². The summed E-state index contributed by atoms with van der Waals surface area (Å²) in [5.41, 5.74) is 2.82. The number of fused-ring (bicyclic) bond motifs is 1. The van der Waals surface area contributed by atoms with Gasteiger partial charge in [0, 0.05) is 5.56 Å². The number of rotatable bonds is 2. The largest absolute Gasteiger partial charge is 0.350 e. The lowest BCUT2D eigenvalue weighted by Gasteiger charge is -2.14. The monoisotopic (exact) mass is 339 g/mol. The van der Waals surface area contributed by atoms with Crippen LogP contribution in [0.5, 0.6) is 0 Å². The van der Waals surface area contributed by atoms with Gasteiger partial charge in [-0.05, 0) is 55.5 Å². The van der Waals surface area contributed by atoms with Gasteiger partial charge in [-0.25, -0.2) is 4.98 Å². The van der Waals surface area contributed by atoms with E-state index in [1.54, 1.807) is 16.2 Å². The second-order valence-corrected chi connectivity index (χ2v) is 6.80. The van der Waals surface area contributed by atoms with Gasteiger partial charge in [-0.1, -0.05) is 12.1 Å². The lowest BCUT2D eigenvalue weighted by atomic mass is 10.2. The minimum Gasteiger partial charge on any atom is -0.350 e. The fourth-order valence-electron chi connectivity index (χ4n) is 2.60. The summed E-state index contributed by atoms with van der Waals surface area (Å²) in [5.74, 6) is -0.0252. The van der Waals surface area contributed by atoms with Gasteiger partial charge >= 0.3 is 0 Å². The van der Waals surface area contributed by atoms with E-state index >= 15 is 0 Å². The first-order valence-corrected chi connectivity index (χ1v) is 8.46. The number of hydrogen-bond donors (Lipinski definition) is 1. The van der Waals surface area contributed by atoms with E-state index < -0.39 is 0 Å². The molecule has 0 spiro atoms. The molecule has 1 aliphatic heterocycles. The van der Waals surface area contributed by atoms with E-state index in [-0.39, 0.29) is 11.9 Å². The number of nitrogens with zero attached hydrogens (tertiary/aromatic N) is 2. The summed E-state index contributed by atoms with van der Waals surface area (Å²) in [7, 11) is 0. The van der Waals surface area contributed by atoms with Gasteiger partial charge in [-0.15, -0.1) is 11.3 Å². The Morgan fingerprint density at radius 1 is 1.17 bits per heavy atom. The van der Waals surface area contributed by atoms with Gasteiger partial charge in [0.15, 0.2) is 5.11 Å². The molecule has 0 saturated carbocycles. The van der Waals surface area contributed by atoms with E-state index in [2.05, 4.69) is 16.4 Å². The molecular formula is C17H13N3OS2. The number of thiocarbonyl (C=S) groups is 1. The number of hydrogen-bond acceptors (Lipinski definition) is 4. The van der Waals surface area contributed by atoms with Crippen molar-refractivity contribution in [1.82, 2.24) is 10.3 Å². The number of nitrogens with one attached hydrogen (secondary N) is 1. The van der Waals surface area contributed by atoms with Crippen molar-refractivity contribution in [2.45, 2.75) is 13.0 Å². The summed E-state index contributed by atoms with van der Waals surface area (Å²) in [6.07, 6.45) is 0. The average Bonchev–Trinajstić information content (AvgIpc) is 3.09. The maximum Gasteiger partial charge on any atom is 0.255 e. The highest BCUT2D eigenvalue weighted by Crippen LogP contribution is 2.31. The van der Waals surface area contributed by atoms with Crippen LogP contribution in [0.4, 0.5) is 5.69 Å². The molecule has 1 saturated heterocycles. The van der Waals surface area contributed by atoms with Gasteiger partial charge in [0.2, 0.25) is 0 Å². The van der Waals surface area contributed by atoms with Gasteiger partial charge in [0.05, 0.1) is 15.9 Å². The summed E-state index contributed by atoms with van der Waals surface area (Å²) in [4.78, 5) is 18.3. The summed E-state index contributed by atoms with van der Waals surface area (Å²) in [6.45, 7) is 1.81. The minimum absolute atomic E-state index is 0.0252. The van der Waals surface area contributed by atoms with Crippen LogP contribution in [0, 0.1) is 0 Å². The van der Waals surface area contributed by atoms with Crippen molar-refractivity contribution in [2.75, 3.05) is 4.90 Å². The summed E-state index contributed by atoms with van der Waals surface area (Å²) in [5, 5.41) is 4.40. The van der Waals surface area contributed by atoms with Crippen LogP contribution in [-0.4, -0.2) is 22.0 Å². The number of amides is 1. The van der Waals surface area contributed by atoms with E-state index in [0.29, 0.717) is 5.11 Å². The highest BCUT2D eigenvalue weighted by atomic mass is 32.1. The van der Waals surface area contributed by atoms with Crippen LogP contribution in [0.25, 0.3) is 20.8 Å². The molecule has 2 heterocycles. The van der Waals surface area contributed by atoms with Crippen LogP contribution >= 0.6 is 23.6 Å². The fraction of sp³-hybridized carbons (Fsp3) is 0.118. The first-order chi connectivity index (χ1) is 11.1. The Kier molecular flexibility index (Phi) is 3.36. The van der Waals surface area contributed by atoms with Gasteiger partial charge in [0.25, 0.3) is 5.91 Å². The first-order valence-electron chi connectivity index (χ1n) is 7.24. The molecule has 4 nitrogen and oxygen atoms in total. The normalized spacial score (nSPS) is 17.8. The maximum atomic E-state index is 12.2. The van der Waals surface area contributed by atoms with Crippen LogP contribution in [0.15, 0.2) is 48.5 Å². The molecule has 114 valence electrons. The number of carbonyl (C=O) groups is 1. The second-order valence-electron chi connectivity index (χ2n) is 5.38. The van der Waals surface area contributed by atoms with Crippen LogP contribution in [0.2, 0.25) is 0 Å². The van der Waals surface area contributed by atoms with Gasteiger partial charge in [-0.3, -0.25) is 9.69 Å². The van der Waals surface area contributed by atoms with Crippen molar-refractivity contribution >= 4 is 50.5 Å². The highest BCUT2D eigenvalue weighted by molar-refractivity contribution is 7.80. The van der Waals surface area contributed by atoms with E-state index in [1.165, 1.54) is 4.70 Å². The van der Waals surface area contributed by atoms with Crippen molar-refractivity contribution in [2.24, 2.45) is 0 Å². The molecule has 1 aromatic heterocycles. The molecule has 1 amide bonds. The molecular weight excluding hydrogens is 326 g/mol. The van der Waals surface area contributed by atoms with Crippen LogP contribution in [0.1, 0.15) is 6.92 Å². The zero-order chi connectivity index (χ0) is 16.0. The molecule has 6 heteroatoms. The third-order valence-electron chi connectivity index (χ3n) is 3.80. The molecule has 0 radical (unpaired) electrons. The Morgan fingerprint density at radius 3 is 2.57 bits per heavy atom. The standard InChI is InChI=1S/C17H13N3OS2/c1-10-16(21)20(17(22)18-10)12-8-6-11(7-9-12)15-19-13-4-2-3-5-14(13)23-15/h2-10H,1H3,(H,18,22). The average molecular weight is 339 g/mol. The molecule has 1 unspecified atom stereocenters. The molecule has 0 bridgehead atoms. The topological polar surface area (TPSA) is 45.2 Å². The van der Waals surface area contributed by atoms with E-state index in [1.807, 2.05) is 49.4 Å². The molecule has 1 aliphatic rings. The third kappa shape index (κ3) is 2.40. The Hall–Kier alpha value is -2.31. The Morgan fingerprint density at radius 2 is 1.91 bits per heavy atom. The van der Waals surface area contributed by atoms with Gasteiger partial charge in [-0.2, -0.15) is 0 Å². The number of para-hydroxylation sites is 1. The Labute approximate surface area is 142 Å². The minimum atomic E-state index is -0.272. The molecule has 0 aliphatic carbocycles. The Balaban J connectivity index is 1.68. The van der Waals surface area contributed by atoms with Crippen molar-refractivity contribution in [3.05, 3.63) is 48.5 Å². The van der Waals surface area contributed by atoms with Crippen molar-refractivity contribution in [1.29, 1.82) is 0 Å². The molecule has 1 N–H and O–H groups in total. The predicted molar refractivity (Wildman–Crippen MR) is 97.7 cm³/mol. The van der Waals surface area contributed by atoms with Crippen LogP contribution in [-0.2, 0) is 4.79 Å². The quantitative estimate of drug-likeness (QED) is 0.725. The molecule has 2 aromatic carbocycles.